The predicted octanol–water partition coefficient (Wildman–Crippen LogP) is 5.51. The van der Waals surface area contributed by atoms with Crippen LogP contribution in [0.3, 0.4) is 0 Å². The Morgan fingerprint density at radius 3 is 2.74 bits per heavy atom. The number of nitrogens with one attached hydrogen (secondary N) is 1. The second kappa shape index (κ2) is 7.09. The third kappa shape index (κ3) is 4.64. The zero-order valence-electron chi connectivity index (χ0n) is 10.6. The number of hydrogen-bond acceptors (Lipinski definition) is 2. The van der Waals surface area contributed by atoms with E-state index in [1.54, 1.807) is 17.8 Å². The Hall–Kier alpha value is -0.830. The van der Waals surface area contributed by atoms with Crippen molar-refractivity contribution in [1.82, 2.24) is 0 Å². The minimum Gasteiger partial charge on any atom is -0.384 e. The number of hydrogen-bond donors (Lipinski definition) is 1. The van der Waals surface area contributed by atoms with Gasteiger partial charge >= 0.3 is 0 Å². The van der Waals surface area contributed by atoms with Gasteiger partial charge in [-0.15, -0.1) is 11.8 Å². The van der Waals surface area contributed by atoms with E-state index in [9.17, 15) is 0 Å². The molecule has 4 heteroatoms. The van der Waals surface area contributed by atoms with E-state index in [-0.39, 0.29) is 0 Å². The Morgan fingerprint density at radius 1 is 1.11 bits per heavy atom. The zero-order chi connectivity index (χ0) is 13.7. The fourth-order valence-electron chi connectivity index (χ4n) is 1.70. The largest absolute Gasteiger partial charge is 0.384 e. The van der Waals surface area contributed by atoms with Crippen molar-refractivity contribution in [3.05, 3.63) is 58.1 Å². The second-order valence-electron chi connectivity index (χ2n) is 4.22. The van der Waals surface area contributed by atoms with Gasteiger partial charge in [-0.2, -0.15) is 0 Å². The number of thioether (sulfide) groups is 1. The lowest BCUT2D eigenvalue weighted by Gasteiger charge is -2.08. The van der Waals surface area contributed by atoms with Gasteiger partial charge in [0.05, 0.1) is 5.02 Å². The molecule has 1 N–H and O–H groups in total. The number of benzene rings is 2. The van der Waals surface area contributed by atoms with Gasteiger partial charge in [0.2, 0.25) is 0 Å². The molecule has 0 saturated carbocycles. The fraction of sp³-hybridized carbons (Fsp3) is 0.200. The van der Waals surface area contributed by atoms with E-state index in [0.29, 0.717) is 0 Å². The van der Waals surface area contributed by atoms with E-state index < -0.39 is 0 Å². The van der Waals surface area contributed by atoms with Crippen molar-refractivity contribution in [2.45, 2.75) is 11.8 Å². The molecule has 0 fully saturated rings. The van der Waals surface area contributed by atoms with Crippen LogP contribution in [-0.4, -0.2) is 12.3 Å². The van der Waals surface area contributed by atoms with Gasteiger partial charge in [0.1, 0.15) is 0 Å². The normalized spacial score (nSPS) is 10.5. The Morgan fingerprint density at radius 2 is 1.95 bits per heavy atom. The summed E-state index contributed by atoms with van der Waals surface area (Å²) in [6, 6.07) is 13.9. The van der Waals surface area contributed by atoms with Crippen LogP contribution in [0.1, 0.15) is 5.56 Å². The summed E-state index contributed by atoms with van der Waals surface area (Å²) in [5.74, 6) is 0.938. The quantitative estimate of drug-likeness (QED) is 0.577. The smallest absolute Gasteiger partial charge is 0.0542 e. The highest BCUT2D eigenvalue weighted by Gasteiger charge is 2.02. The van der Waals surface area contributed by atoms with E-state index in [2.05, 4.69) is 36.5 Å². The first-order valence-corrected chi connectivity index (χ1v) is 7.78. The molecule has 0 heterocycles. The average molecular weight is 312 g/mol. The molecule has 19 heavy (non-hydrogen) atoms. The van der Waals surface area contributed by atoms with Gasteiger partial charge in [-0.3, -0.25) is 0 Å². The van der Waals surface area contributed by atoms with Gasteiger partial charge < -0.3 is 5.32 Å². The summed E-state index contributed by atoms with van der Waals surface area (Å²) in [5, 5.41) is 4.87. The molecular formula is C15H15Cl2NS. The van der Waals surface area contributed by atoms with Gasteiger partial charge in [-0.05, 0) is 42.8 Å². The van der Waals surface area contributed by atoms with Gasteiger partial charge in [0.25, 0.3) is 0 Å². The molecule has 0 aromatic heterocycles. The lowest BCUT2D eigenvalue weighted by molar-refractivity contribution is 1.22. The predicted molar refractivity (Wildman–Crippen MR) is 86.9 cm³/mol. The summed E-state index contributed by atoms with van der Waals surface area (Å²) in [6.45, 7) is 2.97. The molecule has 2 aromatic carbocycles. The molecule has 0 aliphatic carbocycles. The molecule has 0 saturated heterocycles. The highest BCUT2D eigenvalue weighted by molar-refractivity contribution is 7.99. The molecule has 0 unspecified atom stereocenters. The average Bonchev–Trinajstić information content (AvgIpc) is 2.39. The Bertz CT molecular complexity index is 558. The van der Waals surface area contributed by atoms with Gasteiger partial charge in [0.15, 0.2) is 0 Å². The summed E-state index contributed by atoms with van der Waals surface area (Å²) >= 11 is 13.8. The van der Waals surface area contributed by atoms with E-state index in [4.69, 9.17) is 23.2 Å². The van der Waals surface area contributed by atoms with Gasteiger partial charge in [-0.1, -0.05) is 35.3 Å². The molecule has 0 aliphatic rings. The van der Waals surface area contributed by atoms with Crippen molar-refractivity contribution in [2.24, 2.45) is 0 Å². The van der Waals surface area contributed by atoms with E-state index in [1.807, 2.05) is 12.1 Å². The van der Waals surface area contributed by atoms with Crippen LogP contribution in [0.15, 0.2) is 47.4 Å². The summed E-state index contributed by atoms with van der Waals surface area (Å²) in [7, 11) is 0. The van der Waals surface area contributed by atoms with Crippen LogP contribution >= 0.6 is 35.0 Å². The second-order valence-corrected chi connectivity index (χ2v) is 6.20. The van der Waals surface area contributed by atoms with Crippen molar-refractivity contribution < 1.29 is 0 Å². The molecule has 2 rings (SSSR count). The van der Waals surface area contributed by atoms with Crippen molar-refractivity contribution >= 4 is 40.7 Å². The standard InChI is InChI=1S/C15H15Cl2NS/c1-11-3-2-4-13(9-11)18-7-8-19-15-10-12(16)5-6-14(15)17/h2-6,9-10,18H,7-8H2,1H3. The summed E-state index contributed by atoms with van der Waals surface area (Å²) in [5.41, 5.74) is 2.41. The minimum atomic E-state index is 0.721. The number of halogens is 2. The van der Waals surface area contributed by atoms with Crippen molar-refractivity contribution in [3.8, 4) is 0 Å². The van der Waals surface area contributed by atoms with Crippen LogP contribution in [0.2, 0.25) is 10.0 Å². The zero-order valence-corrected chi connectivity index (χ0v) is 12.9. The first kappa shape index (κ1) is 14.6. The summed E-state index contributed by atoms with van der Waals surface area (Å²) < 4.78 is 0. The van der Waals surface area contributed by atoms with Crippen molar-refractivity contribution in [1.29, 1.82) is 0 Å². The summed E-state index contributed by atoms with van der Waals surface area (Å²) in [4.78, 5) is 1.03. The van der Waals surface area contributed by atoms with Crippen molar-refractivity contribution in [3.63, 3.8) is 0 Å². The van der Waals surface area contributed by atoms with Gasteiger partial charge in [-0.25, -0.2) is 0 Å². The minimum absolute atomic E-state index is 0.721. The highest BCUT2D eigenvalue weighted by Crippen LogP contribution is 2.29. The molecule has 2 aromatic rings. The Balaban J connectivity index is 1.82. The van der Waals surface area contributed by atoms with Crippen LogP contribution in [0, 0.1) is 6.92 Å². The van der Waals surface area contributed by atoms with E-state index >= 15 is 0 Å². The number of aryl methyl sites for hydroxylation is 1. The molecular weight excluding hydrogens is 297 g/mol. The van der Waals surface area contributed by atoms with Crippen molar-refractivity contribution in [2.75, 3.05) is 17.6 Å². The maximum absolute atomic E-state index is 6.11. The first-order chi connectivity index (χ1) is 9.15. The van der Waals surface area contributed by atoms with E-state index in [1.165, 1.54) is 5.56 Å². The number of anilines is 1. The third-order valence-electron chi connectivity index (χ3n) is 2.60. The fourth-order valence-corrected chi connectivity index (χ4v) is 3.06. The summed E-state index contributed by atoms with van der Waals surface area (Å²) in [6.07, 6.45) is 0. The van der Waals surface area contributed by atoms with Crippen LogP contribution < -0.4 is 5.32 Å². The molecule has 0 aliphatic heterocycles. The molecule has 1 nitrogen and oxygen atoms in total. The molecule has 0 radical (unpaired) electrons. The molecule has 0 amide bonds. The van der Waals surface area contributed by atoms with Crippen LogP contribution in [0.5, 0.6) is 0 Å². The van der Waals surface area contributed by atoms with Crippen LogP contribution in [-0.2, 0) is 0 Å². The monoisotopic (exact) mass is 311 g/mol. The van der Waals surface area contributed by atoms with Gasteiger partial charge in [0, 0.05) is 27.9 Å². The lowest BCUT2D eigenvalue weighted by atomic mass is 10.2. The topological polar surface area (TPSA) is 12.0 Å². The van der Waals surface area contributed by atoms with Crippen LogP contribution in [0.25, 0.3) is 0 Å². The Labute approximate surface area is 128 Å². The SMILES string of the molecule is Cc1cccc(NCCSc2cc(Cl)ccc2Cl)c1. The third-order valence-corrected chi connectivity index (χ3v) is 4.33. The Kier molecular flexibility index (Phi) is 5.44. The molecule has 100 valence electrons. The first-order valence-electron chi connectivity index (χ1n) is 6.03. The molecule has 0 atom stereocenters. The maximum Gasteiger partial charge on any atom is 0.0542 e. The molecule has 0 bridgehead atoms. The number of rotatable bonds is 5. The maximum atomic E-state index is 6.11. The lowest BCUT2D eigenvalue weighted by Crippen LogP contribution is -2.03. The molecule has 0 spiro atoms. The highest BCUT2D eigenvalue weighted by atomic mass is 35.5. The van der Waals surface area contributed by atoms with E-state index in [0.717, 1.165) is 32.9 Å². The van der Waals surface area contributed by atoms with Crippen LogP contribution in [0.4, 0.5) is 5.69 Å².